The summed E-state index contributed by atoms with van der Waals surface area (Å²) in [5.74, 6) is 0.0276. The number of hydrogen-bond acceptors (Lipinski definition) is 5. The molecule has 144 valence electrons. The van der Waals surface area contributed by atoms with E-state index >= 15 is 0 Å². The summed E-state index contributed by atoms with van der Waals surface area (Å²) in [7, 11) is 0. The van der Waals surface area contributed by atoms with Crippen molar-refractivity contribution in [1.82, 2.24) is 0 Å². The van der Waals surface area contributed by atoms with Crippen LogP contribution in [0.3, 0.4) is 0 Å². The Bertz CT molecular complexity index is 938. The third-order valence-corrected chi connectivity index (χ3v) is 5.03. The molecule has 0 aromatic heterocycles. The van der Waals surface area contributed by atoms with Gasteiger partial charge in [0.2, 0.25) is 5.91 Å². The number of carbonyl (C=O) groups excluding carboxylic acids is 3. The van der Waals surface area contributed by atoms with Gasteiger partial charge in [0.25, 0.3) is 5.91 Å². The lowest BCUT2D eigenvalue weighted by molar-refractivity contribution is -0.121. The van der Waals surface area contributed by atoms with Crippen molar-refractivity contribution < 1.29 is 24.2 Å². The number of carbonyl (C=O) groups is 3. The van der Waals surface area contributed by atoms with Gasteiger partial charge < -0.3 is 19.6 Å². The van der Waals surface area contributed by atoms with Crippen LogP contribution < -0.4 is 14.5 Å². The molecular weight excluding hydrogens is 360 g/mol. The van der Waals surface area contributed by atoms with Gasteiger partial charge in [-0.05, 0) is 42.3 Å². The van der Waals surface area contributed by atoms with Crippen molar-refractivity contribution in [3.8, 4) is 5.75 Å². The second-order valence-electron chi connectivity index (χ2n) is 6.85. The highest BCUT2D eigenvalue weighted by molar-refractivity contribution is 6.02. The highest BCUT2D eigenvalue weighted by atomic mass is 16.5. The van der Waals surface area contributed by atoms with Crippen LogP contribution in [0, 0.1) is 0 Å². The summed E-state index contributed by atoms with van der Waals surface area (Å²) in [5.41, 5.74) is 2.59. The van der Waals surface area contributed by atoms with Gasteiger partial charge in [0.1, 0.15) is 12.4 Å². The normalized spacial score (nSPS) is 16.2. The van der Waals surface area contributed by atoms with Crippen LogP contribution in [0.2, 0.25) is 0 Å². The number of Topliss-reactive ketones (excluding diaryl/α,β-unsaturated/α-hetero) is 1. The van der Waals surface area contributed by atoms with Crippen LogP contribution >= 0.6 is 0 Å². The first-order chi connectivity index (χ1) is 13.6. The van der Waals surface area contributed by atoms with Gasteiger partial charge in [-0.3, -0.25) is 14.4 Å². The number of hydrogen-bond donors (Lipinski definition) is 1. The topological polar surface area (TPSA) is 87.2 Å². The van der Waals surface area contributed by atoms with Gasteiger partial charge in [-0.2, -0.15) is 0 Å². The van der Waals surface area contributed by atoms with Gasteiger partial charge in [-0.1, -0.05) is 12.1 Å². The minimum absolute atomic E-state index is 0.0688. The van der Waals surface area contributed by atoms with Crippen LogP contribution in [0.4, 0.5) is 11.4 Å². The zero-order valence-corrected chi connectivity index (χ0v) is 15.3. The van der Waals surface area contributed by atoms with E-state index in [0.717, 1.165) is 24.2 Å². The van der Waals surface area contributed by atoms with Gasteiger partial charge in [0.15, 0.2) is 12.4 Å². The second-order valence-corrected chi connectivity index (χ2v) is 6.85. The van der Waals surface area contributed by atoms with Crippen LogP contribution in [0.15, 0.2) is 42.5 Å². The molecule has 0 spiro atoms. The number of amides is 2. The number of aliphatic hydroxyl groups is 1. The zero-order valence-electron chi connectivity index (χ0n) is 15.3. The number of rotatable bonds is 5. The molecule has 0 unspecified atom stereocenters. The SMILES string of the molecule is O=C(CO)c1ccc2c(c1)N(Cc1ccc(N3CCCC3=O)cc1)C(=O)CO2. The minimum Gasteiger partial charge on any atom is -0.482 e. The van der Waals surface area contributed by atoms with Crippen molar-refractivity contribution in [2.75, 3.05) is 29.6 Å². The average Bonchev–Trinajstić information content (AvgIpc) is 3.15. The monoisotopic (exact) mass is 380 g/mol. The molecule has 1 saturated heterocycles. The van der Waals surface area contributed by atoms with E-state index in [9.17, 15) is 14.4 Å². The third-order valence-electron chi connectivity index (χ3n) is 5.03. The predicted molar refractivity (Wildman–Crippen MR) is 103 cm³/mol. The van der Waals surface area contributed by atoms with Crippen molar-refractivity contribution in [3.63, 3.8) is 0 Å². The summed E-state index contributed by atoms with van der Waals surface area (Å²) in [6, 6.07) is 12.3. The second kappa shape index (κ2) is 7.44. The van der Waals surface area contributed by atoms with Crippen LogP contribution in [-0.2, 0) is 16.1 Å². The largest absolute Gasteiger partial charge is 0.482 e. The van der Waals surface area contributed by atoms with Gasteiger partial charge >= 0.3 is 0 Å². The molecule has 0 bridgehead atoms. The molecule has 7 nitrogen and oxygen atoms in total. The number of benzene rings is 2. The summed E-state index contributed by atoms with van der Waals surface area (Å²) < 4.78 is 5.46. The molecule has 1 fully saturated rings. The van der Waals surface area contributed by atoms with E-state index in [0.29, 0.717) is 30.0 Å². The fourth-order valence-electron chi connectivity index (χ4n) is 3.53. The maximum atomic E-state index is 12.4. The first kappa shape index (κ1) is 18.2. The lowest BCUT2D eigenvalue weighted by atomic mass is 10.1. The van der Waals surface area contributed by atoms with E-state index in [1.165, 1.54) is 0 Å². The lowest BCUT2D eigenvalue weighted by Gasteiger charge is -2.30. The zero-order chi connectivity index (χ0) is 19.7. The Morgan fingerprint density at radius 3 is 2.54 bits per heavy atom. The van der Waals surface area contributed by atoms with E-state index in [1.54, 1.807) is 28.0 Å². The number of ketones is 1. The average molecular weight is 380 g/mol. The Morgan fingerprint density at radius 2 is 1.86 bits per heavy atom. The van der Waals surface area contributed by atoms with Gasteiger partial charge in [-0.15, -0.1) is 0 Å². The summed E-state index contributed by atoms with van der Waals surface area (Å²) in [6.07, 6.45) is 1.45. The Balaban J connectivity index is 1.58. The summed E-state index contributed by atoms with van der Waals surface area (Å²) in [4.78, 5) is 39.5. The number of nitrogens with zero attached hydrogens (tertiary/aromatic N) is 2. The fourth-order valence-corrected chi connectivity index (χ4v) is 3.53. The molecule has 2 amide bonds. The van der Waals surface area contributed by atoms with Crippen LogP contribution in [0.5, 0.6) is 5.75 Å². The molecular formula is C21H20N2O5. The van der Waals surface area contributed by atoms with Crippen molar-refractivity contribution >= 4 is 29.0 Å². The van der Waals surface area contributed by atoms with E-state index in [4.69, 9.17) is 9.84 Å². The van der Waals surface area contributed by atoms with Crippen LogP contribution in [0.1, 0.15) is 28.8 Å². The maximum Gasteiger partial charge on any atom is 0.265 e. The first-order valence-corrected chi connectivity index (χ1v) is 9.17. The standard InChI is InChI=1S/C21H20N2O5/c24-12-18(25)15-5-8-19-17(10-15)23(21(27)13-28-19)11-14-3-6-16(7-4-14)22-9-1-2-20(22)26/h3-8,10,24H,1-2,9,11-13H2. The van der Waals surface area contributed by atoms with Crippen molar-refractivity contribution in [2.24, 2.45) is 0 Å². The molecule has 0 saturated carbocycles. The quantitative estimate of drug-likeness (QED) is 0.801. The number of anilines is 2. The molecule has 2 aromatic carbocycles. The summed E-state index contributed by atoms with van der Waals surface area (Å²) >= 11 is 0. The summed E-state index contributed by atoms with van der Waals surface area (Å²) in [6.45, 7) is 0.389. The van der Waals surface area contributed by atoms with Crippen molar-refractivity contribution in [1.29, 1.82) is 0 Å². The van der Waals surface area contributed by atoms with Crippen molar-refractivity contribution in [2.45, 2.75) is 19.4 Å². The summed E-state index contributed by atoms with van der Waals surface area (Å²) in [5, 5.41) is 9.09. The Morgan fingerprint density at radius 1 is 1.07 bits per heavy atom. The van der Waals surface area contributed by atoms with E-state index in [1.807, 2.05) is 24.3 Å². The Kier molecular flexibility index (Phi) is 4.83. The Labute approximate surface area is 162 Å². The lowest BCUT2D eigenvalue weighted by Crippen LogP contribution is -2.38. The third kappa shape index (κ3) is 3.36. The molecule has 4 rings (SSSR count). The van der Waals surface area contributed by atoms with E-state index < -0.39 is 12.4 Å². The number of aliphatic hydroxyl groups excluding tert-OH is 1. The number of fused-ring (bicyclic) bond motifs is 1. The van der Waals surface area contributed by atoms with Gasteiger partial charge in [0.05, 0.1) is 12.2 Å². The minimum atomic E-state index is -0.593. The molecule has 2 aromatic rings. The number of ether oxygens (including phenoxy) is 1. The van der Waals surface area contributed by atoms with Crippen molar-refractivity contribution in [3.05, 3.63) is 53.6 Å². The Hall–Kier alpha value is -3.19. The van der Waals surface area contributed by atoms with Gasteiger partial charge in [-0.25, -0.2) is 0 Å². The highest BCUT2D eigenvalue weighted by Crippen LogP contribution is 2.34. The molecule has 2 aliphatic rings. The predicted octanol–water partition coefficient (Wildman–Crippen LogP) is 1.91. The van der Waals surface area contributed by atoms with Gasteiger partial charge in [0, 0.05) is 24.2 Å². The molecule has 28 heavy (non-hydrogen) atoms. The van der Waals surface area contributed by atoms with E-state index in [2.05, 4.69) is 0 Å². The molecule has 0 atom stereocenters. The molecule has 2 heterocycles. The molecule has 1 N–H and O–H groups in total. The molecule has 2 aliphatic heterocycles. The smallest absolute Gasteiger partial charge is 0.265 e. The molecule has 0 aliphatic carbocycles. The van der Waals surface area contributed by atoms with Crippen LogP contribution in [-0.4, -0.2) is 42.5 Å². The van der Waals surface area contributed by atoms with Crippen LogP contribution in [0.25, 0.3) is 0 Å². The maximum absolute atomic E-state index is 12.4. The van der Waals surface area contributed by atoms with E-state index in [-0.39, 0.29) is 18.4 Å². The molecule has 7 heteroatoms. The fraction of sp³-hybridized carbons (Fsp3) is 0.286. The first-order valence-electron chi connectivity index (χ1n) is 9.17. The molecule has 0 radical (unpaired) electrons. The highest BCUT2D eigenvalue weighted by Gasteiger charge is 2.27.